The summed E-state index contributed by atoms with van der Waals surface area (Å²) in [5, 5.41) is 0.761. The molecule has 1 fully saturated rings. The highest BCUT2D eigenvalue weighted by atomic mass is 35.5. The van der Waals surface area contributed by atoms with Crippen LogP contribution in [0.15, 0.2) is 35.9 Å². The first-order valence-electron chi connectivity index (χ1n) is 5.46. The molecule has 0 radical (unpaired) electrons. The zero-order valence-corrected chi connectivity index (χ0v) is 10.0. The third kappa shape index (κ3) is 2.46. The van der Waals surface area contributed by atoms with Gasteiger partial charge in [0, 0.05) is 12.2 Å². The summed E-state index contributed by atoms with van der Waals surface area (Å²) in [4.78, 5) is 0. The Balaban J connectivity index is 2.26. The minimum absolute atomic E-state index is 0.0118. The average molecular weight is 239 g/mol. The van der Waals surface area contributed by atoms with Gasteiger partial charge in [-0.3, -0.25) is 0 Å². The molecule has 86 valence electrons. The zero-order chi connectivity index (χ0) is 11.4. The van der Waals surface area contributed by atoms with Gasteiger partial charge in [0.05, 0.1) is 18.2 Å². The fourth-order valence-corrected chi connectivity index (χ4v) is 2.10. The monoisotopic (exact) mass is 238 g/mol. The summed E-state index contributed by atoms with van der Waals surface area (Å²) in [5.74, 6) is 0. The number of halogens is 1. The van der Waals surface area contributed by atoms with Crippen LogP contribution in [0.25, 0.3) is 5.03 Å². The van der Waals surface area contributed by atoms with Crippen molar-refractivity contribution in [3.8, 4) is 0 Å². The molecular weight excluding hydrogens is 224 g/mol. The second kappa shape index (κ2) is 5.48. The highest BCUT2D eigenvalue weighted by Gasteiger charge is 2.25. The molecule has 0 bridgehead atoms. The van der Waals surface area contributed by atoms with E-state index in [-0.39, 0.29) is 6.10 Å². The zero-order valence-electron chi connectivity index (χ0n) is 9.28. The molecule has 0 spiro atoms. The quantitative estimate of drug-likeness (QED) is 0.806. The van der Waals surface area contributed by atoms with Crippen molar-refractivity contribution in [3.63, 3.8) is 0 Å². The summed E-state index contributed by atoms with van der Waals surface area (Å²) in [5.41, 5.74) is 2.07. The Hall–Kier alpha value is -0.830. The van der Waals surface area contributed by atoms with Crippen LogP contribution in [0.3, 0.4) is 0 Å². The highest BCUT2D eigenvalue weighted by molar-refractivity contribution is 6.49. The molecular formula is C13H15ClO2. The molecule has 0 aliphatic carbocycles. The first-order chi connectivity index (χ1) is 7.83. The van der Waals surface area contributed by atoms with E-state index in [1.165, 1.54) is 0 Å². The van der Waals surface area contributed by atoms with Gasteiger partial charge in [0.1, 0.15) is 6.10 Å². The van der Waals surface area contributed by atoms with Crippen LogP contribution in [0.2, 0.25) is 0 Å². The van der Waals surface area contributed by atoms with Crippen LogP contribution in [0.5, 0.6) is 0 Å². The van der Waals surface area contributed by atoms with Crippen molar-refractivity contribution in [2.45, 2.75) is 13.0 Å². The fraction of sp³-hybridized carbons (Fsp3) is 0.385. The van der Waals surface area contributed by atoms with Gasteiger partial charge in [-0.05, 0) is 12.5 Å². The minimum atomic E-state index is 0.0118. The van der Waals surface area contributed by atoms with Gasteiger partial charge in [-0.1, -0.05) is 41.9 Å². The standard InChI is InChI=1S/C13H15ClO2/c1-2-16-12-9-15-8-11(12)13(14)10-6-4-3-5-7-10/h3-7,12H,2,8-9H2,1H3/b13-11-. The molecule has 1 saturated heterocycles. The van der Waals surface area contributed by atoms with Crippen molar-refractivity contribution >= 4 is 16.6 Å². The van der Waals surface area contributed by atoms with Crippen LogP contribution in [0.4, 0.5) is 0 Å². The molecule has 3 heteroatoms. The van der Waals surface area contributed by atoms with Gasteiger partial charge in [-0.25, -0.2) is 0 Å². The van der Waals surface area contributed by atoms with Crippen molar-refractivity contribution < 1.29 is 9.47 Å². The SMILES string of the molecule is CCOC1COC/C1=C(/Cl)c1ccccc1. The lowest BCUT2D eigenvalue weighted by atomic mass is 10.1. The van der Waals surface area contributed by atoms with Crippen molar-refractivity contribution in [3.05, 3.63) is 41.5 Å². The first kappa shape index (κ1) is 11.6. The Labute approximate surface area is 101 Å². The lowest BCUT2D eigenvalue weighted by Gasteiger charge is -2.12. The number of hydrogen-bond acceptors (Lipinski definition) is 2. The van der Waals surface area contributed by atoms with Crippen LogP contribution < -0.4 is 0 Å². The van der Waals surface area contributed by atoms with Gasteiger partial charge >= 0.3 is 0 Å². The molecule has 0 amide bonds. The van der Waals surface area contributed by atoms with Gasteiger partial charge in [0.15, 0.2) is 0 Å². The van der Waals surface area contributed by atoms with Gasteiger partial charge in [-0.15, -0.1) is 0 Å². The van der Waals surface area contributed by atoms with E-state index in [0.29, 0.717) is 19.8 Å². The molecule has 0 saturated carbocycles. The molecule has 1 aliphatic rings. The average Bonchev–Trinajstić information content (AvgIpc) is 2.78. The van der Waals surface area contributed by atoms with Crippen molar-refractivity contribution in [1.82, 2.24) is 0 Å². The number of ether oxygens (including phenoxy) is 2. The van der Waals surface area contributed by atoms with E-state index in [9.17, 15) is 0 Å². The van der Waals surface area contributed by atoms with Crippen LogP contribution in [0, 0.1) is 0 Å². The lowest BCUT2D eigenvalue weighted by molar-refractivity contribution is 0.0609. The Morgan fingerprint density at radius 2 is 2.19 bits per heavy atom. The maximum absolute atomic E-state index is 6.36. The topological polar surface area (TPSA) is 18.5 Å². The molecule has 2 nitrogen and oxygen atoms in total. The summed E-state index contributed by atoms with van der Waals surface area (Å²) in [6, 6.07) is 9.92. The number of hydrogen-bond donors (Lipinski definition) is 0. The molecule has 16 heavy (non-hydrogen) atoms. The normalized spacial score (nSPS) is 23.5. The molecule has 1 aliphatic heterocycles. The van der Waals surface area contributed by atoms with Crippen LogP contribution in [0.1, 0.15) is 12.5 Å². The van der Waals surface area contributed by atoms with E-state index in [2.05, 4.69) is 0 Å². The van der Waals surface area contributed by atoms with Gasteiger partial charge < -0.3 is 9.47 Å². The number of rotatable bonds is 3. The van der Waals surface area contributed by atoms with Crippen molar-refractivity contribution in [2.75, 3.05) is 19.8 Å². The minimum Gasteiger partial charge on any atom is -0.374 e. The largest absolute Gasteiger partial charge is 0.374 e. The summed E-state index contributed by atoms with van der Waals surface area (Å²) in [6.45, 7) is 3.83. The van der Waals surface area contributed by atoms with E-state index in [1.807, 2.05) is 37.3 Å². The molecule has 1 aromatic rings. The molecule has 0 aromatic heterocycles. The molecule has 2 rings (SSSR count). The summed E-state index contributed by atoms with van der Waals surface area (Å²) < 4.78 is 11.0. The summed E-state index contributed by atoms with van der Waals surface area (Å²) in [7, 11) is 0. The fourth-order valence-electron chi connectivity index (χ4n) is 1.79. The van der Waals surface area contributed by atoms with Crippen molar-refractivity contribution in [1.29, 1.82) is 0 Å². The third-order valence-corrected chi connectivity index (χ3v) is 3.05. The third-order valence-electron chi connectivity index (χ3n) is 2.59. The Kier molecular flexibility index (Phi) is 3.99. The van der Waals surface area contributed by atoms with Crippen LogP contribution in [-0.2, 0) is 9.47 Å². The molecule has 0 N–H and O–H groups in total. The summed E-state index contributed by atoms with van der Waals surface area (Å²) in [6.07, 6.45) is 0.0118. The predicted octanol–water partition coefficient (Wildman–Crippen LogP) is 3.07. The Morgan fingerprint density at radius 3 is 2.88 bits per heavy atom. The van der Waals surface area contributed by atoms with Crippen molar-refractivity contribution in [2.24, 2.45) is 0 Å². The lowest BCUT2D eigenvalue weighted by Crippen LogP contribution is -2.15. The van der Waals surface area contributed by atoms with E-state index in [4.69, 9.17) is 21.1 Å². The number of benzene rings is 1. The smallest absolute Gasteiger partial charge is 0.106 e. The van der Waals surface area contributed by atoms with Crippen LogP contribution in [-0.4, -0.2) is 25.9 Å². The van der Waals surface area contributed by atoms with Gasteiger partial charge in [0.2, 0.25) is 0 Å². The highest BCUT2D eigenvalue weighted by Crippen LogP contribution is 2.29. The molecule has 1 atom stereocenters. The van der Waals surface area contributed by atoms with E-state index >= 15 is 0 Å². The molecule has 1 unspecified atom stereocenters. The molecule has 1 aromatic carbocycles. The van der Waals surface area contributed by atoms with E-state index in [0.717, 1.165) is 16.2 Å². The maximum atomic E-state index is 6.36. The Bertz CT molecular complexity index is 373. The first-order valence-corrected chi connectivity index (χ1v) is 5.84. The van der Waals surface area contributed by atoms with Crippen LogP contribution >= 0.6 is 11.6 Å². The second-order valence-corrected chi connectivity index (χ2v) is 4.04. The Morgan fingerprint density at radius 1 is 1.44 bits per heavy atom. The van der Waals surface area contributed by atoms with E-state index in [1.54, 1.807) is 0 Å². The second-order valence-electron chi connectivity index (χ2n) is 3.66. The predicted molar refractivity (Wildman–Crippen MR) is 65.4 cm³/mol. The van der Waals surface area contributed by atoms with Gasteiger partial charge in [0.25, 0.3) is 0 Å². The maximum Gasteiger partial charge on any atom is 0.106 e. The molecule has 1 heterocycles. The van der Waals surface area contributed by atoms with Gasteiger partial charge in [-0.2, -0.15) is 0 Å². The van der Waals surface area contributed by atoms with E-state index < -0.39 is 0 Å². The summed E-state index contributed by atoms with van der Waals surface area (Å²) >= 11 is 6.36.